The summed E-state index contributed by atoms with van der Waals surface area (Å²) in [6, 6.07) is 16.2. The van der Waals surface area contributed by atoms with Gasteiger partial charge in [0.15, 0.2) is 0 Å². The third-order valence-corrected chi connectivity index (χ3v) is 3.37. The molecule has 2 aromatic carbocycles. The highest BCUT2D eigenvalue weighted by atomic mass is 35.5. The molecule has 0 unspecified atom stereocenters. The second-order valence-electron chi connectivity index (χ2n) is 4.79. The summed E-state index contributed by atoms with van der Waals surface area (Å²) in [5, 5.41) is 14.0. The van der Waals surface area contributed by atoms with Crippen molar-refractivity contribution in [3.05, 3.63) is 71.5 Å². The second-order valence-corrected chi connectivity index (χ2v) is 5.23. The molecule has 0 saturated heterocycles. The molecule has 0 fully saturated rings. The van der Waals surface area contributed by atoms with Crippen molar-refractivity contribution in [3.63, 3.8) is 0 Å². The van der Waals surface area contributed by atoms with Crippen LogP contribution in [0.2, 0.25) is 5.02 Å². The molecule has 23 heavy (non-hydrogen) atoms. The Morgan fingerprint density at radius 1 is 1.13 bits per heavy atom. The number of hydrogen-bond donors (Lipinski definition) is 2. The lowest BCUT2D eigenvalue weighted by Gasteiger charge is -2.09. The van der Waals surface area contributed by atoms with Crippen molar-refractivity contribution in [3.8, 4) is 5.69 Å². The summed E-state index contributed by atoms with van der Waals surface area (Å²) in [6.45, 7) is 0.300. The van der Waals surface area contributed by atoms with Gasteiger partial charge in [-0.3, -0.25) is 0 Å². The maximum atomic E-state index is 12.0. The van der Waals surface area contributed by atoms with Crippen LogP contribution in [0.15, 0.2) is 60.8 Å². The average molecular weight is 328 g/mol. The van der Waals surface area contributed by atoms with Gasteiger partial charge in [-0.1, -0.05) is 41.1 Å². The number of benzene rings is 2. The van der Waals surface area contributed by atoms with Crippen LogP contribution in [-0.4, -0.2) is 21.0 Å². The van der Waals surface area contributed by atoms with E-state index in [2.05, 4.69) is 20.9 Å². The SMILES string of the molecule is O=C(NCc1cnnn1-c1ccccc1)Nc1cccc(Cl)c1. The Morgan fingerprint density at radius 3 is 2.74 bits per heavy atom. The van der Waals surface area contributed by atoms with Gasteiger partial charge in [-0.2, -0.15) is 0 Å². The van der Waals surface area contributed by atoms with Gasteiger partial charge in [0, 0.05) is 10.7 Å². The van der Waals surface area contributed by atoms with E-state index >= 15 is 0 Å². The molecule has 0 spiro atoms. The lowest BCUT2D eigenvalue weighted by atomic mass is 10.3. The Labute approximate surface area is 138 Å². The van der Waals surface area contributed by atoms with Gasteiger partial charge in [0.1, 0.15) is 0 Å². The largest absolute Gasteiger partial charge is 0.332 e. The van der Waals surface area contributed by atoms with E-state index < -0.39 is 0 Å². The van der Waals surface area contributed by atoms with Gasteiger partial charge in [-0.05, 0) is 30.3 Å². The van der Waals surface area contributed by atoms with Gasteiger partial charge in [-0.15, -0.1) is 5.10 Å². The van der Waals surface area contributed by atoms with Crippen molar-refractivity contribution in [2.45, 2.75) is 6.54 Å². The number of nitrogens with one attached hydrogen (secondary N) is 2. The average Bonchev–Trinajstić information content (AvgIpc) is 3.02. The number of halogens is 1. The zero-order valence-electron chi connectivity index (χ0n) is 12.1. The van der Waals surface area contributed by atoms with Crippen molar-refractivity contribution in [2.24, 2.45) is 0 Å². The van der Waals surface area contributed by atoms with Crippen LogP contribution in [0.25, 0.3) is 5.69 Å². The zero-order valence-corrected chi connectivity index (χ0v) is 12.9. The minimum Gasteiger partial charge on any atom is -0.332 e. The zero-order chi connectivity index (χ0) is 16.1. The highest BCUT2D eigenvalue weighted by molar-refractivity contribution is 6.30. The number of aromatic nitrogens is 3. The molecule has 1 heterocycles. The maximum absolute atomic E-state index is 12.0. The molecule has 0 radical (unpaired) electrons. The van der Waals surface area contributed by atoms with E-state index in [0.717, 1.165) is 11.4 Å². The maximum Gasteiger partial charge on any atom is 0.319 e. The first-order valence-corrected chi connectivity index (χ1v) is 7.35. The van der Waals surface area contributed by atoms with E-state index in [4.69, 9.17) is 11.6 Å². The highest BCUT2D eigenvalue weighted by Crippen LogP contribution is 2.14. The number of carbonyl (C=O) groups is 1. The fourth-order valence-corrected chi connectivity index (χ4v) is 2.27. The van der Waals surface area contributed by atoms with Crippen molar-refractivity contribution >= 4 is 23.3 Å². The molecule has 0 saturated carbocycles. The predicted molar refractivity (Wildman–Crippen MR) is 88.7 cm³/mol. The van der Waals surface area contributed by atoms with E-state index in [1.54, 1.807) is 35.1 Å². The van der Waals surface area contributed by atoms with E-state index in [9.17, 15) is 4.79 Å². The molecule has 1 aromatic heterocycles. The second kappa shape index (κ2) is 6.93. The van der Waals surface area contributed by atoms with E-state index in [-0.39, 0.29) is 6.03 Å². The summed E-state index contributed by atoms with van der Waals surface area (Å²) in [6.07, 6.45) is 1.62. The monoisotopic (exact) mass is 327 g/mol. The first-order valence-electron chi connectivity index (χ1n) is 6.98. The van der Waals surface area contributed by atoms with Crippen LogP contribution >= 0.6 is 11.6 Å². The minimum absolute atomic E-state index is 0.300. The summed E-state index contributed by atoms with van der Waals surface area (Å²) in [5.41, 5.74) is 2.29. The molecule has 0 bridgehead atoms. The molecule has 7 heteroatoms. The normalized spacial score (nSPS) is 10.3. The number of nitrogens with zero attached hydrogens (tertiary/aromatic N) is 3. The minimum atomic E-state index is -0.326. The molecule has 3 aromatic rings. The Hall–Kier alpha value is -2.86. The summed E-state index contributed by atoms with van der Waals surface area (Å²) >= 11 is 5.88. The number of rotatable bonds is 4. The smallest absolute Gasteiger partial charge is 0.319 e. The summed E-state index contributed by atoms with van der Waals surface area (Å²) < 4.78 is 1.68. The lowest BCUT2D eigenvalue weighted by Crippen LogP contribution is -2.29. The van der Waals surface area contributed by atoms with Crippen LogP contribution in [0.5, 0.6) is 0 Å². The van der Waals surface area contributed by atoms with Crippen LogP contribution in [0.4, 0.5) is 10.5 Å². The molecular weight excluding hydrogens is 314 g/mol. The van der Waals surface area contributed by atoms with Crippen molar-refractivity contribution in [1.82, 2.24) is 20.3 Å². The van der Waals surface area contributed by atoms with Crippen LogP contribution in [0.1, 0.15) is 5.69 Å². The fourth-order valence-electron chi connectivity index (χ4n) is 2.08. The van der Waals surface area contributed by atoms with Crippen LogP contribution in [-0.2, 0) is 6.54 Å². The van der Waals surface area contributed by atoms with Gasteiger partial charge in [0.25, 0.3) is 0 Å². The lowest BCUT2D eigenvalue weighted by molar-refractivity contribution is 0.251. The molecule has 2 N–H and O–H groups in total. The van der Waals surface area contributed by atoms with Gasteiger partial charge < -0.3 is 10.6 Å². The van der Waals surface area contributed by atoms with E-state index in [1.807, 2.05) is 30.3 Å². The molecule has 116 valence electrons. The number of urea groups is 1. The fraction of sp³-hybridized carbons (Fsp3) is 0.0625. The number of anilines is 1. The summed E-state index contributed by atoms with van der Waals surface area (Å²) in [4.78, 5) is 12.0. The molecule has 0 aliphatic heterocycles. The Kier molecular flexibility index (Phi) is 4.54. The molecule has 0 atom stereocenters. The number of para-hydroxylation sites is 1. The van der Waals surface area contributed by atoms with E-state index in [1.165, 1.54) is 0 Å². The first-order chi connectivity index (χ1) is 11.2. The van der Waals surface area contributed by atoms with Gasteiger partial charge >= 0.3 is 6.03 Å². The molecular formula is C16H14ClN5O. The molecule has 6 nitrogen and oxygen atoms in total. The van der Waals surface area contributed by atoms with Crippen LogP contribution < -0.4 is 10.6 Å². The van der Waals surface area contributed by atoms with Crippen molar-refractivity contribution in [2.75, 3.05) is 5.32 Å². The Balaban J connectivity index is 1.63. The van der Waals surface area contributed by atoms with Gasteiger partial charge in [0.2, 0.25) is 0 Å². The number of carbonyl (C=O) groups excluding carboxylic acids is 1. The van der Waals surface area contributed by atoms with Crippen molar-refractivity contribution < 1.29 is 4.79 Å². The quantitative estimate of drug-likeness (QED) is 0.772. The van der Waals surface area contributed by atoms with Crippen molar-refractivity contribution in [1.29, 1.82) is 0 Å². The standard InChI is InChI=1S/C16H14ClN5O/c17-12-5-4-6-13(9-12)20-16(23)18-10-15-11-19-21-22(15)14-7-2-1-3-8-14/h1-9,11H,10H2,(H2,18,20,23). The Morgan fingerprint density at radius 2 is 1.96 bits per heavy atom. The number of amides is 2. The van der Waals surface area contributed by atoms with Crippen LogP contribution in [0, 0.1) is 0 Å². The Bertz CT molecular complexity index is 803. The molecule has 0 aliphatic carbocycles. The molecule has 0 aliphatic rings. The van der Waals surface area contributed by atoms with E-state index in [0.29, 0.717) is 17.3 Å². The topological polar surface area (TPSA) is 71.8 Å². The molecule has 3 rings (SSSR count). The summed E-state index contributed by atoms with van der Waals surface area (Å²) in [7, 11) is 0. The third-order valence-electron chi connectivity index (χ3n) is 3.13. The highest BCUT2D eigenvalue weighted by Gasteiger charge is 2.08. The van der Waals surface area contributed by atoms with Gasteiger partial charge in [-0.25, -0.2) is 9.48 Å². The first kappa shape index (κ1) is 15.1. The molecule has 2 amide bonds. The number of hydrogen-bond acceptors (Lipinski definition) is 3. The third kappa shape index (κ3) is 3.87. The predicted octanol–water partition coefficient (Wildman–Crippen LogP) is 3.24. The van der Waals surface area contributed by atoms with Crippen LogP contribution in [0.3, 0.4) is 0 Å². The van der Waals surface area contributed by atoms with Gasteiger partial charge in [0.05, 0.1) is 24.1 Å². The summed E-state index contributed by atoms with van der Waals surface area (Å²) in [5.74, 6) is 0.